The molecule has 1 N–H and O–H groups in total. The van der Waals surface area contributed by atoms with E-state index in [2.05, 4.69) is 12.2 Å². The summed E-state index contributed by atoms with van der Waals surface area (Å²) in [4.78, 5) is 12.2. The fraction of sp³-hybridized carbons (Fsp3) is 0.800. The van der Waals surface area contributed by atoms with E-state index in [9.17, 15) is 9.90 Å². The molecule has 0 saturated heterocycles. The van der Waals surface area contributed by atoms with Crippen LogP contribution in [0.5, 0.6) is 0 Å². The first-order chi connectivity index (χ1) is 8.72. The van der Waals surface area contributed by atoms with Crippen molar-refractivity contribution < 1.29 is 14.6 Å². The average molecular weight is 250 g/mol. The molecule has 2 saturated carbocycles. The summed E-state index contributed by atoms with van der Waals surface area (Å²) in [6, 6.07) is 0. The monoisotopic (exact) mass is 250 g/mol. The third-order valence-corrected chi connectivity index (χ3v) is 5.13. The minimum atomic E-state index is -0.171. The third kappa shape index (κ3) is 1.80. The topological polar surface area (TPSA) is 46.5 Å². The standard InChI is InChI=1S/C15H22O3/c1-2-18-15(17)14-9-6-7-10-11(14)4-3-5-13(16)12(10)8-9/h6-7,9-14,16H,2-5,8H2,1H3/t9?,10?,11?,12?,13-,14?/m1/s1. The van der Waals surface area contributed by atoms with Crippen molar-refractivity contribution in [1.82, 2.24) is 0 Å². The van der Waals surface area contributed by atoms with Gasteiger partial charge in [0.25, 0.3) is 0 Å². The molecule has 0 radical (unpaired) electrons. The molecule has 6 atom stereocenters. The van der Waals surface area contributed by atoms with Gasteiger partial charge < -0.3 is 9.84 Å². The van der Waals surface area contributed by atoms with Crippen LogP contribution in [0.1, 0.15) is 32.6 Å². The summed E-state index contributed by atoms with van der Waals surface area (Å²) in [5.74, 6) is 1.48. The van der Waals surface area contributed by atoms with Crippen molar-refractivity contribution >= 4 is 5.97 Å². The number of aliphatic hydroxyl groups is 1. The Labute approximate surface area is 108 Å². The van der Waals surface area contributed by atoms with E-state index in [0.29, 0.717) is 24.4 Å². The molecule has 4 aliphatic rings. The molecule has 4 aliphatic carbocycles. The molecular weight excluding hydrogens is 228 g/mol. The van der Waals surface area contributed by atoms with E-state index in [0.717, 1.165) is 25.7 Å². The first-order valence-electron chi connectivity index (χ1n) is 7.25. The Balaban J connectivity index is 1.88. The maximum Gasteiger partial charge on any atom is 0.309 e. The van der Waals surface area contributed by atoms with E-state index < -0.39 is 0 Å². The highest BCUT2D eigenvalue weighted by Crippen LogP contribution is 2.53. The van der Waals surface area contributed by atoms with Crippen LogP contribution < -0.4 is 0 Å². The molecule has 0 aromatic heterocycles. The van der Waals surface area contributed by atoms with Crippen molar-refractivity contribution in [2.45, 2.75) is 38.7 Å². The molecular formula is C15H22O3. The van der Waals surface area contributed by atoms with Crippen LogP contribution in [0.15, 0.2) is 12.2 Å². The largest absolute Gasteiger partial charge is 0.466 e. The summed E-state index contributed by atoms with van der Waals surface area (Å²) in [5.41, 5.74) is 0. The van der Waals surface area contributed by atoms with Crippen LogP contribution in [0.2, 0.25) is 0 Å². The Hall–Kier alpha value is -0.830. The Morgan fingerprint density at radius 3 is 2.94 bits per heavy atom. The highest BCUT2D eigenvalue weighted by Gasteiger charge is 2.51. The summed E-state index contributed by atoms with van der Waals surface area (Å²) in [7, 11) is 0. The Bertz CT molecular complexity index is 363. The van der Waals surface area contributed by atoms with Gasteiger partial charge in [-0.1, -0.05) is 18.6 Å². The van der Waals surface area contributed by atoms with Crippen molar-refractivity contribution in [1.29, 1.82) is 0 Å². The van der Waals surface area contributed by atoms with Gasteiger partial charge in [0.05, 0.1) is 18.6 Å². The van der Waals surface area contributed by atoms with Gasteiger partial charge in [0.15, 0.2) is 0 Å². The van der Waals surface area contributed by atoms with E-state index in [1.54, 1.807) is 0 Å². The van der Waals surface area contributed by atoms with Crippen LogP contribution in [-0.2, 0) is 9.53 Å². The average Bonchev–Trinajstić information content (AvgIpc) is 2.50. The fourth-order valence-electron chi connectivity index (χ4n) is 4.40. The lowest BCUT2D eigenvalue weighted by molar-refractivity contribution is -0.156. The van der Waals surface area contributed by atoms with Crippen molar-refractivity contribution in [3.63, 3.8) is 0 Å². The number of hydrogen-bond acceptors (Lipinski definition) is 3. The molecule has 4 rings (SSSR count). The van der Waals surface area contributed by atoms with E-state index in [1.165, 1.54) is 0 Å². The van der Waals surface area contributed by atoms with Crippen molar-refractivity contribution in [3.05, 3.63) is 12.2 Å². The number of aliphatic hydroxyl groups excluding tert-OH is 1. The molecule has 0 spiro atoms. The zero-order valence-electron chi connectivity index (χ0n) is 10.9. The van der Waals surface area contributed by atoms with Gasteiger partial charge in [0.2, 0.25) is 0 Å². The van der Waals surface area contributed by atoms with Gasteiger partial charge in [-0.15, -0.1) is 0 Å². The first kappa shape index (κ1) is 12.2. The van der Waals surface area contributed by atoms with E-state index >= 15 is 0 Å². The number of allylic oxidation sites excluding steroid dienone is 2. The van der Waals surface area contributed by atoms with Gasteiger partial charge in [0, 0.05) is 0 Å². The van der Waals surface area contributed by atoms with Crippen LogP contribution in [-0.4, -0.2) is 23.8 Å². The number of carbonyl (C=O) groups is 1. The maximum absolute atomic E-state index is 12.2. The van der Waals surface area contributed by atoms with Crippen LogP contribution in [0.3, 0.4) is 0 Å². The normalized spacial score (nSPS) is 45.7. The first-order valence-corrected chi connectivity index (χ1v) is 7.25. The van der Waals surface area contributed by atoms with Crippen LogP contribution >= 0.6 is 0 Å². The molecule has 0 amide bonds. The minimum absolute atomic E-state index is 0.0170. The quantitative estimate of drug-likeness (QED) is 0.603. The van der Waals surface area contributed by atoms with Crippen LogP contribution in [0, 0.1) is 29.6 Å². The number of rotatable bonds is 2. The highest BCUT2D eigenvalue weighted by atomic mass is 16.5. The van der Waals surface area contributed by atoms with Gasteiger partial charge >= 0.3 is 5.97 Å². The molecule has 0 aliphatic heterocycles. The second-order valence-corrected chi connectivity index (χ2v) is 5.97. The summed E-state index contributed by atoms with van der Waals surface area (Å²) in [6.45, 7) is 2.34. The van der Waals surface area contributed by atoms with Crippen LogP contribution in [0.25, 0.3) is 0 Å². The maximum atomic E-state index is 12.2. The van der Waals surface area contributed by atoms with Gasteiger partial charge in [0.1, 0.15) is 0 Å². The van der Waals surface area contributed by atoms with Gasteiger partial charge in [-0.25, -0.2) is 0 Å². The molecule has 2 fully saturated rings. The second kappa shape index (κ2) is 4.69. The molecule has 0 aromatic carbocycles. The molecule has 18 heavy (non-hydrogen) atoms. The van der Waals surface area contributed by atoms with Crippen molar-refractivity contribution in [3.8, 4) is 0 Å². The molecule has 0 aromatic rings. The Morgan fingerprint density at radius 1 is 1.33 bits per heavy atom. The predicted octanol–water partition coefficient (Wildman–Crippen LogP) is 2.15. The summed E-state index contributed by atoms with van der Waals surface area (Å²) in [6.07, 6.45) is 8.23. The predicted molar refractivity (Wildman–Crippen MR) is 67.7 cm³/mol. The number of carbonyl (C=O) groups excluding carboxylic acids is 1. The van der Waals surface area contributed by atoms with Crippen molar-refractivity contribution in [2.75, 3.05) is 6.61 Å². The van der Waals surface area contributed by atoms with Crippen molar-refractivity contribution in [2.24, 2.45) is 29.6 Å². The van der Waals surface area contributed by atoms with E-state index in [4.69, 9.17) is 4.74 Å². The lowest BCUT2D eigenvalue weighted by atomic mass is 9.57. The Kier molecular flexibility index (Phi) is 3.18. The summed E-state index contributed by atoms with van der Waals surface area (Å²) in [5, 5.41) is 10.2. The third-order valence-electron chi connectivity index (χ3n) is 5.13. The Morgan fingerprint density at radius 2 is 2.17 bits per heavy atom. The van der Waals surface area contributed by atoms with Gasteiger partial charge in [-0.2, -0.15) is 0 Å². The number of esters is 1. The summed E-state index contributed by atoms with van der Waals surface area (Å²) >= 11 is 0. The molecule has 3 heteroatoms. The van der Waals surface area contributed by atoms with E-state index in [-0.39, 0.29) is 23.9 Å². The highest BCUT2D eigenvalue weighted by molar-refractivity contribution is 5.74. The molecule has 3 nitrogen and oxygen atoms in total. The molecule has 4 bridgehead atoms. The molecule has 100 valence electrons. The summed E-state index contributed by atoms with van der Waals surface area (Å²) < 4.78 is 5.26. The SMILES string of the molecule is CCOC(=O)C1C2C=CC3C1CCC[C@@H](O)C3C2. The number of ether oxygens (including phenoxy) is 1. The fourth-order valence-corrected chi connectivity index (χ4v) is 4.40. The van der Waals surface area contributed by atoms with Gasteiger partial charge in [-0.05, 0) is 49.9 Å². The lowest BCUT2D eigenvalue weighted by Gasteiger charge is -2.48. The number of hydrogen-bond donors (Lipinski definition) is 1. The van der Waals surface area contributed by atoms with E-state index in [1.807, 2.05) is 6.92 Å². The molecule has 5 unspecified atom stereocenters. The zero-order valence-corrected chi connectivity index (χ0v) is 10.9. The molecule has 0 heterocycles. The second-order valence-electron chi connectivity index (χ2n) is 5.97. The minimum Gasteiger partial charge on any atom is -0.466 e. The smallest absolute Gasteiger partial charge is 0.309 e. The lowest BCUT2D eigenvalue weighted by Crippen LogP contribution is -2.47. The zero-order chi connectivity index (χ0) is 12.7. The van der Waals surface area contributed by atoms with Crippen LogP contribution in [0.4, 0.5) is 0 Å². The van der Waals surface area contributed by atoms with Gasteiger partial charge in [-0.3, -0.25) is 4.79 Å².